The Balaban J connectivity index is 1.64. The fourth-order valence-electron chi connectivity index (χ4n) is 3.70. The molecule has 2 aliphatic rings. The van der Waals surface area contributed by atoms with Crippen LogP contribution < -0.4 is 10.2 Å². The van der Waals surface area contributed by atoms with Gasteiger partial charge in [0.1, 0.15) is 0 Å². The molecule has 0 spiro atoms. The maximum atomic E-state index is 3.50. The van der Waals surface area contributed by atoms with Crippen molar-refractivity contribution in [3.63, 3.8) is 0 Å². The van der Waals surface area contributed by atoms with E-state index in [4.69, 9.17) is 0 Å². The van der Waals surface area contributed by atoms with E-state index in [0.717, 1.165) is 19.1 Å². The number of nitrogens with one attached hydrogen (secondary N) is 1. The van der Waals surface area contributed by atoms with E-state index in [1.165, 1.54) is 62.3 Å². The Hall–Kier alpha value is -1.06. The first-order valence-electron chi connectivity index (χ1n) is 8.57. The van der Waals surface area contributed by atoms with Crippen LogP contribution in [0.3, 0.4) is 0 Å². The van der Waals surface area contributed by atoms with Gasteiger partial charge in [-0.3, -0.25) is 4.90 Å². The summed E-state index contributed by atoms with van der Waals surface area (Å²) in [5, 5.41) is 3.50. The van der Waals surface area contributed by atoms with Crippen molar-refractivity contribution >= 4 is 5.69 Å². The standard InChI is InChI=1S/C18H29N3/c1-3-8-19-13-16-6-7-17(12-15(16)2)21-11-10-20-9-4-5-18(20)14-21/h6-7,12,18-19H,3-5,8-11,13-14H2,1-2H3. The number of nitrogens with zero attached hydrogens (tertiary/aromatic N) is 2. The van der Waals surface area contributed by atoms with E-state index in [9.17, 15) is 0 Å². The second-order valence-corrected chi connectivity index (χ2v) is 6.57. The van der Waals surface area contributed by atoms with E-state index in [-0.39, 0.29) is 0 Å². The molecule has 0 amide bonds. The number of piperazine rings is 1. The maximum Gasteiger partial charge on any atom is 0.0370 e. The summed E-state index contributed by atoms with van der Waals surface area (Å²) in [6.45, 7) is 11.5. The molecule has 116 valence electrons. The molecule has 0 saturated carbocycles. The molecule has 0 radical (unpaired) electrons. The zero-order chi connectivity index (χ0) is 14.7. The first-order chi connectivity index (χ1) is 10.3. The minimum Gasteiger partial charge on any atom is -0.369 e. The summed E-state index contributed by atoms with van der Waals surface area (Å²) in [7, 11) is 0. The maximum absolute atomic E-state index is 3.50. The van der Waals surface area contributed by atoms with E-state index in [1.54, 1.807) is 0 Å². The Labute approximate surface area is 129 Å². The predicted molar refractivity (Wildman–Crippen MR) is 90.0 cm³/mol. The average Bonchev–Trinajstić information content (AvgIpc) is 2.96. The van der Waals surface area contributed by atoms with Crippen molar-refractivity contribution in [3.8, 4) is 0 Å². The van der Waals surface area contributed by atoms with Crippen molar-refractivity contribution < 1.29 is 0 Å². The zero-order valence-corrected chi connectivity index (χ0v) is 13.6. The van der Waals surface area contributed by atoms with Crippen LogP contribution in [0.4, 0.5) is 5.69 Å². The van der Waals surface area contributed by atoms with Crippen LogP contribution in [0.25, 0.3) is 0 Å². The van der Waals surface area contributed by atoms with Gasteiger partial charge in [0.25, 0.3) is 0 Å². The zero-order valence-electron chi connectivity index (χ0n) is 13.6. The highest BCUT2D eigenvalue weighted by Gasteiger charge is 2.30. The lowest BCUT2D eigenvalue weighted by molar-refractivity contribution is 0.231. The predicted octanol–water partition coefficient (Wildman–Crippen LogP) is 2.78. The van der Waals surface area contributed by atoms with Gasteiger partial charge >= 0.3 is 0 Å². The van der Waals surface area contributed by atoms with E-state index >= 15 is 0 Å². The van der Waals surface area contributed by atoms with Crippen molar-refractivity contribution in [1.29, 1.82) is 0 Å². The van der Waals surface area contributed by atoms with Gasteiger partial charge in [-0.15, -0.1) is 0 Å². The number of benzene rings is 1. The molecule has 3 rings (SSSR count). The highest BCUT2D eigenvalue weighted by atomic mass is 15.3. The van der Waals surface area contributed by atoms with Crippen LogP contribution in [0.15, 0.2) is 18.2 Å². The van der Waals surface area contributed by atoms with Gasteiger partial charge in [0, 0.05) is 37.9 Å². The summed E-state index contributed by atoms with van der Waals surface area (Å²) in [5.74, 6) is 0. The normalized spacial score (nSPS) is 22.6. The quantitative estimate of drug-likeness (QED) is 0.840. The minimum atomic E-state index is 0.796. The first kappa shape index (κ1) is 14.9. The van der Waals surface area contributed by atoms with Crippen LogP contribution in [0, 0.1) is 6.92 Å². The molecule has 3 heteroatoms. The number of aryl methyl sites for hydroxylation is 1. The SMILES string of the molecule is CCCNCc1ccc(N2CCN3CCCC3C2)cc1C. The van der Waals surface area contributed by atoms with Crippen molar-refractivity contribution in [2.45, 2.75) is 45.7 Å². The molecule has 0 aliphatic carbocycles. The van der Waals surface area contributed by atoms with Gasteiger partial charge in [-0.1, -0.05) is 13.0 Å². The smallest absolute Gasteiger partial charge is 0.0370 e. The average molecular weight is 287 g/mol. The third-order valence-electron chi connectivity index (χ3n) is 5.02. The first-order valence-corrected chi connectivity index (χ1v) is 8.57. The molecule has 2 fully saturated rings. The molecule has 2 aliphatic heterocycles. The van der Waals surface area contributed by atoms with Gasteiger partial charge in [0.05, 0.1) is 0 Å². The molecule has 0 bridgehead atoms. The van der Waals surface area contributed by atoms with E-state index in [1.807, 2.05) is 0 Å². The summed E-state index contributed by atoms with van der Waals surface area (Å²) in [6.07, 6.45) is 3.97. The Morgan fingerprint density at radius 2 is 2.14 bits per heavy atom. The number of rotatable bonds is 5. The Bertz CT molecular complexity index is 472. The fourth-order valence-corrected chi connectivity index (χ4v) is 3.70. The highest BCUT2D eigenvalue weighted by molar-refractivity contribution is 5.51. The molecular weight excluding hydrogens is 258 g/mol. The van der Waals surface area contributed by atoms with Crippen LogP contribution >= 0.6 is 0 Å². The molecular formula is C18H29N3. The van der Waals surface area contributed by atoms with Gasteiger partial charge in [0.15, 0.2) is 0 Å². The highest BCUT2D eigenvalue weighted by Crippen LogP contribution is 2.26. The molecule has 1 aromatic carbocycles. The number of anilines is 1. The van der Waals surface area contributed by atoms with Crippen molar-refractivity contribution in [3.05, 3.63) is 29.3 Å². The summed E-state index contributed by atoms with van der Waals surface area (Å²) < 4.78 is 0. The van der Waals surface area contributed by atoms with Crippen molar-refractivity contribution in [2.75, 3.05) is 37.6 Å². The van der Waals surface area contributed by atoms with Crippen LogP contribution in [0.5, 0.6) is 0 Å². The molecule has 2 heterocycles. The van der Waals surface area contributed by atoms with Crippen molar-refractivity contribution in [2.24, 2.45) is 0 Å². The Morgan fingerprint density at radius 1 is 1.24 bits per heavy atom. The van der Waals surface area contributed by atoms with Crippen LogP contribution in [0.1, 0.15) is 37.3 Å². The van der Waals surface area contributed by atoms with Crippen molar-refractivity contribution in [1.82, 2.24) is 10.2 Å². The third-order valence-corrected chi connectivity index (χ3v) is 5.02. The Morgan fingerprint density at radius 3 is 2.95 bits per heavy atom. The lowest BCUT2D eigenvalue weighted by atomic mass is 10.1. The largest absolute Gasteiger partial charge is 0.369 e. The molecule has 2 saturated heterocycles. The third kappa shape index (κ3) is 3.41. The number of hydrogen-bond acceptors (Lipinski definition) is 3. The second kappa shape index (κ2) is 6.80. The van der Waals surface area contributed by atoms with Crippen LogP contribution in [-0.4, -0.2) is 43.7 Å². The monoisotopic (exact) mass is 287 g/mol. The lowest BCUT2D eigenvalue weighted by Gasteiger charge is -2.39. The minimum absolute atomic E-state index is 0.796. The van der Waals surface area contributed by atoms with Gasteiger partial charge in [-0.25, -0.2) is 0 Å². The molecule has 3 nitrogen and oxygen atoms in total. The summed E-state index contributed by atoms with van der Waals surface area (Å²) >= 11 is 0. The van der Waals surface area contributed by atoms with Gasteiger partial charge in [0.2, 0.25) is 0 Å². The summed E-state index contributed by atoms with van der Waals surface area (Å²) in [4.78, 5) is 5.26. The van der Waals surface area contributed by atoms with Gasteiger partial charge in [-0.05, 0) is 62.5 Å². The molecule has 1 N–H and O–H groups in total. The summed E-state index contributed by atoms with van der Waals surface area (Å²) in [5.41, 5.74) is 4.27. The van der Waals surface area contributed by atoms with Gasteiger partial charge in [-0.2, -0.15) is 0 Å². The second-order valence-electron chi connectivity index (χ2n) is 6.57. The topological polar surface area (TPSA) is 18.5 Å². The molecule has 1 aromatic rings. The van der Waals surface area contributed by atoms with E-state index < -0.39 is 0 Å². The van der Waals surface area contributed by atoms with E-state index in [2.05, 4.69) is 47.2 Å². The van der Waals surface area contributed by atoms with Gasteiger partial charge < -0.3 is 10.2 Å². The molecule has 0 aromatic heterocycles. The van der Waals surface area contributed by atoms with E-state index in [0.29, 0.717) is 0 Å². The Kier molecular flexibility index (Phi) is 4.81. The number of fused-ring (bicyclic) bond motifs is 1. The fraction of sp³-hybridized carbons (Fsp3) is 0.667. The lowest BCUT2D eigenvalue weighted by Crippen LogP contribution is -2.50. The summed E-state index contributed by atoms with van der Waals surface area (Å²) in [6, 6.07) is 7.81. The molecule has 1 atom stereocenters. The van der Waals surface area contributed by atoms with Crippen LogP contribution in [-0.2, 0) is 6.54 Å². The van der Waals surface area contributed by atoms with Crippen LogP contribution in [0.2, 0.25) is 0 Å². The molecule has 1 unspecified atom stereocenters. The molecule has 21 heavy (non-hydrogen) atoms. The number of hydrogen-bond donors (Lipinski definition) is 1.